The van der Waals surface area contributed by atoms with Crippen LogP contribution in [-0.4, -0.2) is 30.4 Å². The summed E-state index contributed by atoms with van der Waals surface area (Å²) >= 11 is 0. The molecule has 6 heteroatoms. The average Bonchev–Trinajstić information content (AvgIpc) is 2.96. The van der Waals surface area contributed by atoms with Crippen LogP contribution < -0.4 is 21.5 Å². The molecule has 3 unspecified atom stereocenters. The van der Waals surface area contributed by atoms with Crippen molar-refractivity contribution in [3.8, 4) is 0 Å². The predicted molar refractivity (Wildman–Crippen MR) is 82.7 cm³/mol. The minimum Gasteiger partial charge on any atom is -0.354 e. The van der Waals surface area contributed by atoms with E-state index in [1.54, 1.807) is 0 Å². The zero-order valence-electron chi connectivity index (χ0n) is 12.5. The van der Waals surface area contributed by atoms with Gasteiger partial charge in [0, 0.05) is 12.6 Å². The van der Waals surface area contributed by atoms with E-state index >= 15 is 0 Å². The highest BCUT2D eigenvalue weighted by Crippen LogP contribution is 2.22. The molecule has 118 valence electrons. The van der Waals surface area contributed by atoms with E-state index in [-0.39, 0.29) is 23.9 Å². The quantitative estimate of drug-likeness (QED) is 0.650. The molecule has 1 aromatic carbocycles. The second-order valence-electron chi connectivity index (χ2n) is 5.89. The average molecular weight is 302 g/mol. The maximum atomic E-state index is 12.4. The molecule has 0 aliphatic carbocycles. The number of hydrogen-bond donors (Lipinski definition) is 4. The summed E-state index contributed by atoms with van der Waals surface area (Å²) in [6.45, 7) is 0.699. The Labute approximate surface area is 130 Å². The number of carbonyl (C=O) groups is 2. The van der Waals surface area contributed by atoms with Gasteiger partial charge in [-0.05, 0) is 31.2 Å². The predicted octanol–water partition coefficient (Wildman–Crippen LogP) is 0.379. The van der Waals surface area contributed by atoms with Crippen LogP contribution in [-0.2, 0) is 9.59 Å². The molecule has 3 rings (SSSR count). The molecule has 0 radical (unpaired) electrons. The lowest BCUT2D eigenvalue weighted by molar-refractivity contribution is -0.129. The standard InChI is InChI=1S/C16H22N4O2/c21-15-12(8-4-5-9-17-15)18-16(22)14-10-13(19-20-14)11-6-2-1-3-7-11/h1-3,6-7,12-14,19-20H,4-5,8-10H2,(H,17,21)(H,18,22). The molecule has 0 bridgehead atoms. The van der Waals surface area contributed by atoms with E-state index in [1.807, 2.05) is 30.3 Å². The summed E-state index contributed by atoms with van der Waals surface area (Å²) in [5, 5.41) is 5.70. The van der Waals surface area contributed by atoms with E-state index in [1.165, 1.54) is 0 Å². The number of rotatable bonds is 3. The van der Waals surface area contributed by atoms with Crippen LogP contribution >= 0.6 is 0 Å². The molecule has 0 aromatic heterocycles. The first-order chi connectivity index (χ1) is 10.7. The van der Waals surface area contributed by atoms with Gasteiger partial charge < -0.3 is 10.6 Å². The van der Waals surface area contributed by atoms with Crippen molar-refractivity contribution in [2.24, 2.45) is 0 Å². The van der Waals surface area contributed by atoms with E-state index in [0.29, 0.717) is 19.4 Å². The summed E-state index contributed by atoms with van der Waals surface area (Å²) in [5.74, 6) is -0.190. The highest BCUT2D eigenvalue weighted by Gasteiger charge is 2.32. The molecule has 2 aliphatic rings. The number of amides is 2. The molecule has 2 fully saturated rings. The molecule has 2 amide bonds. The van der Waals surface area contributed by atoms with Crippen molar-refractivity contribution in [3.05, 3.63) is 35.9 Å². The smallest absolute Gasteiger partial charge is 0.242 e. The van der Waals surface area contributed by atoms with Gasteiger partial charge in [-0.2, -0.15) is 0 Å². The van der Waals surface area contributed by atoms with Crippen LogP contribution in [0, 0.1) is 0 Å². The Hall–Kier alpha value is -1.92. The summed E-state index contributed by atoms with van der Waals surface area (Å²) in [4.78, 5) is 24.2. The van der Waals surface area contributed by atoms with Crippen molar-refractivity contribution >= 4 is 11.8 Å². The second-order valence-corrected chi connectivity index (χ2v) is 5.89. The minimum atomic E-state index is -0.410. The molecular formula is C16H22N4O2. The molecule has 4 N–H and O–H groups in total. The van der Waals surface area contributed by atoms with E-state index in [2.05, 4.69) is 21.5 Å². The molecule has 0 spiro atoms. The van der Waals surface area contributed by atoms with Crippen LogP contribution in [0.2, 0.25) is 0 Å². The Morgan fingerprint density at radius 3 is 2.77 bits per heavy atom. The zero-order chi connectivity index (χ0) is 15.4. The van der Waals surface area contributed by atoms with Gasteiger partial charge in [0.1, 0.15) is 12.1 Å². The van der Waals surface area contributed by atoms with E-state index < -0.39 is 6.04 Å². The lowest BCUT2D eigenvalue weighted by Gasteiger charge is -2.17. The third-order valence-corrected chi connectivity index (χ3v) is 4.27. The zero-order valence-corrected chi connectivity index (χ0v) is 12.5. The van der Waals surface area contributed by atoms with Gasteiger partial charge in [-0.15, -0.1) is 0 Å². The molecule has 2 saturated heterocycles. The highest BCUT2D eigenvalue weighted by molar-refractivity contribution is 5.90. The molecule has 3 atom stereocenters. The normalized spacial score (nSPS) is 28.7. The van der Waals surface area contributed by atoms with E-state index in [9.17, 15) is 9.59 Å². The van der Waals surface area contributed by atoms with Crippen LogP contribution in [0.3, 0.4) is 0 Å². The largest absolute Gasteiger partial charge is 0.354 e. The van der Waals surface area contributed by atoms with Crippen molar-refractivity contribution in [2.45, 2.75) is 43.8 Å². The topological polar surface area (TPSA) is 82.3 Å². The third-order valence-electron chi connectivity index (χ3n) is 4.27. The van der Waals surface area contributed by atoms with Gasteiger partial charge in [-0.1, -0.05) is 30.3 Å². The molecule has 1 aromatic rings. The van der Waals surface area contributed by atoms with Gasteiger partial charge in [-0.3, -0.25) is 9.59 Å². The second kappa shape index (κ2) is 6.89. The first kappa shape index (κ1) is 15.0. The molecule has 2 aliphatic heterocycles. The Balaban J connectivity index is 1.56. The van der Waals surface area contributed by atoms with Crippen molar-refractivity contribution in [1.29, 1.82) is 0 Å². The van der Waals surface area contributed by atoms with Crippen molar-refractivity contribution in [2.75, 3.05) is 6.54 Å². The first-order valence-electron chi connectivity index (χ1n) is 7.88. The molecule has 6 nitrogen and oxygen atoms in total. The fourth-order valence-electron chi connectivity index (χ4n) is 2.98. The van der Waals surface area contributed by atoms with Gasteiger partial charge in [0.15, 0.2) is 0 Å². The lowest BCUT2D eigenvalue weighted by atomic mass is 10.0. The van der Waals surface area contributed by atoms with Crippen molar-refractivity contribution in [1.82, 2.24) is 21.5 Å². The van der Waals surface area contributed by atoms with Gasteiger partial charge in [0.25, 0.3) is 0 Å². The Bertz CT molecular complexity index is 534. The Kier molecular flexibility index (Phi) is 4.70. The van der Waals surface area contributed by atoms with Crippen LogP contribution in [0.4, 0.5) is 0 Å². The third kappa shape index (κ3) is 3.45. The minimum absolute atomic E-state index is 0.0728. The molecule has 22 heavy (non-hydrogen) atoms. The molecule has 0 saturated carbocycles. The monoisotopic (exact) mass is 302 g/mol. The van der Waals surface area contributed by atoms with Crippen molar-refractivity contribution in [3.63, 3.8) is 0 Å². The number of hydrogen-bond acceptors (Lipinski definition) is 4. The maximum Gasteiger partial charge on any atom is 0.242 e. The number of carbonyl (C=O) groups excluding carboxylic acids is 2. The molecule has 2 heterocycles. The summed E-state index contributed by atoms with van der Waals surface area (Å²) < 4.78 is 0. The number of hydrazine groups is 1. The van der Waals surface area contributed by atoms with Crippen LogP contribution in [0.15, 0.2) is 30.3 Å². The summed E-state index contributed by atoms with van der Waals surface area (Å²) in [6.07, 6.45) is 3.30. The number of benzene rings is 1. The van der Waals surface area contributed by atoms with Gasteiger partial charge in [-0.25, -0.2) is 10.9 Å². The number of nitrogens with one attached hydrogen (secondary N) is 4. The maximum absolute atomic E-state index is 12.4. The van der Waals surface area contributed by atoms with Crippen LogP contribution in [0.5, 0.6) is 0 Å². The fraction of sp³-hybridized carbons (Fsp3) is 0.500. The Morgan fingerprint density at radius 2 is 1.95 bits per heavy atom. The van der Waals surface area contributed by atoms with Gasteiger partial charge >= 0.3 is 0 Å². The fourth-order valence-corrected chi connectivity index (χ4v) is 2.98. The lowest BCUT2D eigenvalue weighted by Crippen LogP contribution is -2.51. The van der Waals surface area contributed by atoms with Crippen LogP contribution in [0.25, 0.3) is 0 Å². The van der Waals surface area contributed by atoms with E-state index in [4.69, 9.17) is 0 Å². The van der Waals surface area contributed by atoms with Gasteiger partial charge in [0.05, 0.1) is 0 Å². The highest BCUT2D eigenvalue weighted by atomic mass is 16.2. The van der Waals surface area contributed by atoms with Crippen LogP contribution in [0.1, 0.15) is 37.3 Å². The van der Waals surface area contributed by atoms with Gasteiger partial charge in [0.2, 0.25) is 11.8 Å². The Morgan fingerprint density at radius 1 is 1.14 bits per heavy atom. The SMILES string of the molecule is O=C(NC1CCCCNC1=O)C1CC(c2ccccc2)NN1. The summed E-state index contributed by atoms with van der Waals surface area (Å²) in [6, 6.07) is 9.41. The van der Waals surface area contributed by atoms with Crippen molar-refractivity contribution < 1.29 is 9.59 Å². The summed E-state index contributed by atoms with van der Waals surface area (Å²) in [7, 11) is 0. The first-order valence-corrected chi connectivity index (χ1v) is 7.88. The van der Waals surface area contributed by atoms with E-state index in [0.717, 1.165) is 18.4 Å². The molecular weight excluding hydrogens is 280 g/mol. The summed E-state index contributed by atoms with van der Waals surface area (Å²) in [5.41, 5.74) is 7.33.